The first-order valence-electron chi connectivity index (χ1n) is 8.15. The zero-order valence-corrected chi connectivity index (χ0v) is 14.9. The zero-order chi connectivity index (χ0) is 17.4. The maximum Gasteiger partial charge on any atom is 0.244 e. The van der Waals surface area contributed by atoms with E-state index in [1.165, 1.54) is 16.7 Å². The number of fused-ring (bicyclic) bond motifs is 1. The molecule has 0 aliphatic rings. The zero-order valence-electron chi connectivity index (χ0n) is 14.9. The summed E-state index contributed by atoms with van der Waals surface area (Å²) in [6.07, 6.45) is 1.73. The van der Waals surface area contributed by atoms with Crippen LogP contribution in [0.25, 0.3) is 11.0 Å². The Labute approximate surface area is 142 Å². The van der Waals surface area contributed by atoms with Gasteiger partial charge < -0.3 is 9.88 Å². The number of imidazole rings is 1. The number of carbonyl (C=O) groups excluding carboxylic acids is 1. The van der Waals surface area contributed by atoms with Crippen LogP contribution in [0.3, 0.4) is 0 Å². The van der Waals surface area contributed by atoms with E-state index in [9.17, 15) is 4.79 Å². The van der Waals surface area contributed by atoms with E-state index in [4.69, 9.17) is 0 Å². The van der Waals surface area contributed by atoms with Crippen molar-refractivity contribution in [2.45, 2.75) is 41.2 Å². The van der Waals surface area contributed by atoms with Gasteiger partial charge in [0, 0.05) is 5.69 Å². The van der Waals surface area contributed by atoms with Gasteiger partial charge in [0.05, 0.1) is 17.4 Å². The van der Waals surface area contributed by atoms with Crippen molar-refractivity contribution in [3.63, 3.8) is 0 Å². The number of anilines is 1. The van der Waals surface area contributed by atoms with E-state index in [0.29, 0.717) is 0 Å². The first-order valence-corrected chi connectivity index (χ1v) is 8.15. The minimum atomic E-state index is -0.0393. The lowest BCUT2D eigenvalue weighted by Gasteiger charge is -2.13. The van der Waals surface area contributed by atoms with Gasteiger partial charge in [-0.15, -0.1) is 0 Å². The fourth-order valence-electron chi connectivity index (χ4n) is 3.15. The highest BCUT2D eigenvalue weighted by Crippen LogP contribution is 2.22. The van der Waals surface area contributed by atoms with Crippen molar-refractivity contribution in [2.75, 3.05) is 5.32 Å². The van der Waals surface area contributed by atoms with Crippen molar-refractivity contribution in [1.82, 2.24) is 9.55 Å². The van der Waals surface area contributed by atoms with E-state index in [-0.39, 0.29) is 12.5 Å². The Morgan fingerprint density at radius 3 is 2.25 bits per heavy atom. The average molecular weight is 321 g/mol. The van der Waals surface area contributed by atoms with E-state index in [2.05, 4.69) is 55.3 Å². The summed E-state index contributed by atoms with van der Waals surface area (Å²) in [6.45, 7) is 10.5. The highest BCUT2D eigenvalue weighted by atomic mass is 16.1. The summed E-state index contributed by atoms with van der Waals surface area (Å²) in [6, 6.07) is 8.32. The summed E-state index contributed by atoms with van der Waals surface area (Å²) in [5.74, 6) is -0.0393. The SMILES string of the molecule is Cc1cc(C)c(NC(=O)Cn2cnc3cc(C)c(C)cc32)c(C)c1. The van der Waals surface area contributed by atoms with Crippen LogP contribution in [-0.2, 0) is 11.3 Å². The highest BCUT2D eigenvalue weighted by Gasteiger charge is 2.11. The van der Waals surface area contributed by atoms with E-state index >= 15 is 0 Å². The number of amides is 1. The second-order valence-corrected chi connectivity index (χ2v) is 6.62. The van der Waals surface area contributed by atoms with E-state index < -0.39 is 0 Å². The van der Waals surface area contributed by atoms with Crippen LogP contribution in [0.4, 0.5) is 5.69 Å². The van der Waals surface area contributed by atoms with Gasteiger partial charge in [0.25, 0.3) is 0 Å². The van der Waals surface area contributed by atoms with Crippen molar-refractivity contribution in [1.29, 1.82) is 0 Å². The van der Waals surface area contributed by atoms with E-state index in [1.54, 1.807) is 6.33 Å². The van der Waals surface area contributed by atoms with E-state index in [0.717, 1.165) is 27.8 Å². The molecule has 0 radical (unpaired) electrons. The third-order valence-corrected chi connectivity index (χ3v) is 4.49. The Bertz CT molecular complexity index is 914. The Balaban J connectivity index is 1.85. The Hall–Kier alpha value is -2.62. The minimum absolute atomic E-state index is 0.0393. The van der Waals surface area contributed by atoms with Crippen LogP contribution < -0.4 is 5.32 Å². The Morgan fingerprint density at radius 1 is 0.958 bits per heavy atom. The summed E-state index contributed by atoms with van der Waals surface area (Å²) in [7, 11) is 0. The molecule has 0 saturated carbocycles. The molecule has 1 amide bonds. The fourth-order valence-corrected chi connectivity index (χ4v) is 3.15. The third kappa shape index (κ3) is 3.04. The number of aromatic nitrogens is 2. The van der Waals surface area contributed by atoms with Crippen molar-refractivity contribution in [2.24, 2.45) is 0 Å². The molecule has 1 aromatic heterocycles. The summed E-state index contributed by atoms with van der Waals surface area (Å²) in [5.41, 5.74) is 8.61. The van der Waals surface area contributed by atoms with Gasteiger partial charge >= 0.3 is 0 Å². The van der Waals surface area contributed by atoms with Crippen LogP contribution in [0.2, 0.25) is 0 Å². The molecular formula is C20H23N3O. The molecule has 3 rings (SSSR count). The van der Waals surface area contributed by atoms with Crippen molar-refractivity contribution in [3.05, 3.63) is 58.4 Å². The third-order valence-electron chi connectivity index (χ3n) is 4.49. The molecule has 124 valence electrons. The van der Waals surface area contributed by atoms with Gasteiger partial charge in [-0.1, -0.05) is 17.7 Å². The normalized spacial score (nSPS) is 11.0. The van der Waals surface area contributed by atoms with Crippen LogP contribution >= 0.6 is 0 Å². The molecule has 3 aromatic rings. The minimum Gasteiger partial charge on any atom is -0.324 e. The Kier molecular flexibility index (Phi) is 4.14. The fraction of sp³-hybridized carbons (Fsp3) is 0.300. The second-order valence-electron chi connectivity index (χ2n) is 6.62. The summed E-state index contributed by atoms with van der Waals surface area (Å²) >= 11 is 0. The molecule has 0 aliphatic heterocycles. The van der Waals surface area contributed by atoms with Crippen LogP contribution in [0, 0.1) is 34.6 Å². The van der Waals surface area contributed by atoms with Gasteiger partial charge in [-0.25, -0.2) is 4.98 Å². The molecule has 0 fully saturated rings. The summed E-state index contributed by atoms with van der Waals surface area (Å²) in [5, 5.41) is 3.05. The quantitative estimate of drug-likeness (QED) is 0.785. The first-order chi connectivity index (χ1) is 11.3. The number of nitrogens with zero attached hydrogens (tertiary/aromatic N) is 2. The van der Waals surface area contributed by atoms with Gasteiger partial charge in [-0.05, 0) is 69.0 Å². The molecule has 2 aromatic carbocycles. The van der Waals surface area contributed by atoms with Gasteiger partial charge in [-0.3, -0.25) is 4.79 Å². The average Bonchev–Trinajstić information content (AvgIpc) is 2.85. The second kappa shape index (κ2) is 6.11. The largest absolute Gasteiger partial charge is 0.324 e. The van der Waals surface area contributed by atoms with Crippen LogP contribution in [0.1, 0.15) is 27.8 Å². The standard InChI is InChI=1S/C20H23N3O/c1-12-6-15(4)20(16(5)7-12)22-19(24)10-23-11-21-17-8-13(2)14(3)9-18(17)23/h6-9,11H,10H2,1-5H3,(H,22,24). The number of benzene rings is 2. The molecule has 1 heterocycles. The number of aryl methyl sites for hydroxylation is 5. The Morgan fingerprint density at radius 2 is 1.58 bits per heavy atom. The van der Waals surface area contributed by atoms with Crippen LogP contribution in [0.5, 0.6) is 0 Å². The molecule has 0 bridgehead atoms. The number of rotatable bonds is 3. The predicted molar refractivity (Wildman–Crippen MR) is 98.5 cm³/mol. The van der Waals surface area contributed by atoms with Gasteiger partial charge in [0.2, 0.25) is 5.91 Å². The van der Waals surface area contributed by atoms with Crippen molar-refractivity contribution >= 4 is 22.6 Å². The molecule has 0 atom stereocenters. The molecular weight excluding hydrogens is 298 g/mol. The van der Waals surface area contributed by atoms with Gasteiger partial charge in [-0.2, -0.15) is 0 Å². The molecule has 4 heteroatoms. The summed E-state index contributed by atoms with van der Waals surface area (Å²) < 4.78 is 1.90. The highest BCUT2D eigenvalue weighted by molar-refractivity contribution is 5.93. The van der Waals surface area contributed by atoms with Crippen LogP contribution in [0.15, 0.2) is 30.6 Å². The van der Waals surface area contributed by atoms with Crippen LogP contribution in [-0.4, -0.2) is 15.5 Å². The molecule has 4 nitrogen and oxygen atoms in total. The maximum absolute atomic E-state index is 12.5. The molecule has 0 saturated heterocycles. The monoisotopic (exact) mass is 321 g/mol. The maximum atomic E-state index is 12.5. The van der Waals surface area contributed by atoms with Crippen molar-refractivity contribution in [3.8, 4) is 0 Å². The molecule has 0 spiro atoms. The molecule has 0 unspecified atom stereocenters. The number of carbonyl (C=O) groups is 1. The summed E-state index contributed by atoms with van der Waals surface area (Å²) in [4.78, 5) is 16.9. The first kappa shape index (κ1) is 16.2. The number of hydrogen-bond donors (Lipinski definition) is 1. The smallest absolute Gasteiger partial charge is 0.244 e. The molecule has 0 aliphatic carbocycles. The molecule has 24 heavy (non-hydrogen) atoms. The van der Waals surface area contributed by atoms with E-state index in [1.807, 2.05) is 18.4 Å². The molecule has 1 N–H and O–H groups in total. The lowest BCUT2D eigenvalue weighted by molar-refractivity contribution is -0.116. The van der Waals surface area contributed by atoms with Gasteiger partial charge in [0.15, 0.2) is 0 Å². The number of hydrogen-bond acceptors (Lipinski definition) is 2. The lowest BCUT2D eigenvalue weighted by Crippen LogP contribution is -2.19. The topological polar surface area (TPSA) is 46.9 Å². The van der Waals surface area contributed by atoms with Crippen molar-refractivity contribution < 1.29 is 4.79 Å². The predicted octanol–water partition coefficient (Wildman–Crippen LogP) is 4.22. The number of nitrogens with one attached hydrogen (secondary N) is 1. The lowest BCUT2D eigenvalue weighted by atomic mass is 10.1. The van der Waals surface area contributed by atoms with Gasteiger partial charge in [0.1, 0.15) is 6.54 Å².